The van der Waals surface area contributed by atoms with Crippen LogP contribution in [0.2, 0.25) is 0 Å². The van der Waals surface area contributed by atoms with Gasteiger partial charge in [0.1, 0.15) is 0 Å². The van der Waals surface area contributed by atoms with Crippen LogP contribution in [0, 0.1) is 13.8 Å². The van der Waals surface area contributed by atoms with Crippen molar-refractivity contribution in [2.24, 2.45) is 0 Å². The van der Waals surface area contributed by atoms with Gasteiger partial charge in [0, 0.05) is 17.9 Å². The van der Waals surface area contributed by atoms with Gasteiger partial charge in [-0.1, -0.05) is 35.4 Å². The van der Waals surface area contributed by atoms with Gasteiger partial charge in [-0.2, -0.15) is 8.42 Å². The van der Waals surface area contributed by atoms with E-state index in [9.17, 15) is 8.42 Å². The molecule has 0 aromatic heterocycles. The monoisotopic (exact) mass is 333 g/mol. The van der Waals surface area contributed by atoms with Gasteiger partial charge in [-0.15, -0.1) is 0 Å². The SMILES string of the molecule is Cc1ccc(N(CCCCS(=O)(=O)O)c2ccc(C)cc2)cc1. The molecule has 5 heteroatoms. The number of nitrogens with zero attached hydrogens (tertiary/aromatic N) is 1. The standard InChI is InChI=1S/C18H23NO3S/c1-15-5-9-17(10-6-15)19(13-3-4-14-23(20,21)22)18-11-7-16(2)8-12-18/h5-12H,3-4,13-14H2,1-2H3,(H,20,21,22). The Morgan fingerprint density at radius 2 is 1.26 bits per heavy atom. The summed E-state index contributed by atoms with van der Waals surface area (Å²) in [5, 5.41) is 0. The lowest BCUT2D eigenvalue weighted by Gasteiger charge is -2.25. The second-order valence-corrected chi connectivity index (χ2v) is 7.39. The number of aryl methyl sites for hydroxylation is 2. The van der Waals surface area contributed by atoms with Crippen LogP contribution in [0.25, 0.3) is 0 Å². The minimum Gasteiger partial charge on any atom is -0.341 e. The van der Waals surface area contributed by atoms with Crippen molar-refractivity contribution in [3.8, 4) is 0 Å². The highest BCUT2D eigenvalue weighted by Crippen LogP contribution is 2.26. The molecule has 0 atom stereocenters. The fourth-order valence-corrected chi connectivity index (χ4v) is 2.98. The minimum atomic E-state index is -3.88. The first-order chi connectivity index (χ1) is 10.8. The molecule has 0 aliphatic carbocycles. The molecule has 2 rings (SSSR count). The lowest BCUT2D eigenvalue weighted by molar-refractivity contribution is 0.480. The second kappa shape index (κ2) is 7.62. The molecular formula is C18H23NO3S. The Bertz CT molecular complexity index is 676. The molecule has 2 aromatic rings. The van der Waals surface area contributed by atoms with Crippen molar-refractivity contribution < 1.29 is 13.0 Å². The molecule has 124 valence electrons. The molecule has 0 unspecified atom stereocenters. The van der Waals surface area contributed by atoms with Crippen LogP contribution < -0.4 is 4.90 Å². The lowest BCUT2D eigenvalue weighted by atomic mass is 10.1. The molecule has 0 radical (unpaired) electrons. The van der Waals surface area contributed by atoms with Crippen LogP contribution in [0.3, 0.4) is 0 Å². The smallest absolute Gasteiger partial charge is 0.264 e. The molecule has 0 aliphatic heterocycles. The molecule has 0 fully saturated rings. The molecule has 4 nitrogen and oxygen atoms in total. The van der Waals surface area contributed by atoms with E-state index >= 15 is 0 Å². The Morgan fingerprint density at radius 1 is 0.826 bits per heavy atom. The fraction of sp³-hybridized carbons (Fsp3) is 0.333. The Labute approximate surface area is 138 Å². The van der Waals surface area contributed by atoms with Gasteiger partial charge < -0.3 is 4.90 Å². The summed E-state index contributed by atoms with van der Waals surface area (Å²) in [6.07, 6.45) is 1.12. The maximum atomic E-state index is 10.8. The summed E-state index contributed by atoms with van der Waals surface area (Å²) >= 11 is 0. The van der Waals surface area contributed by atoms with E-state index in [0.29, 0.717) is 19.4 Å². The quantitative estimate of drug-likeness (QED) is 0.612. The Hall–Kier alpha value is -1.85. The number of rotatable bonds is 7. The average molecular weight is 333 g/mol. The highest BCUT2D eigenvalue weighted by Gasteiger charge is 2.10. The van der Waals surface area contributed by atoms with Crippen molar-refractivity contribution in [3.63, 3.8) is 0 Å². The van der Waals surface area contributed by atoms with Crippen LogP contribution in [0.15, 0.2) is 48.5 Å². The van der Waals surface area contributed by atoms with Crippen LogP contribution in [-0.4, -0.2) is 25.3 Å². The summed E-state index contributed by atoms with van der Waals surface area (Å²) in [4.78, 5) is 2.17. The van der Waals surface area contributed by atoms with Crippen LogP contribution in [0.4, 0.5) is 11.4 Å². The molecule has 0 saturated heterocycles. The topological polar surface area (TPSA) is 57.6 Å². The fourth-order valence-electron chi connectivity index (χ4n) is 2.41. The predicted molar refractivity (Wildman–Crippen MR) is 95.0 cm³/mol. The maximum absolute atomic E-state index is 10.8. The van der Waals surface area contributed by atoms with Crippen LogP contribution in [0.1, 0.15) is 24.0 Å². The number of unbranched alkanes of at least 4 members (excludes halogenated alkanes) is 1. The number of benzene rings is 2. The molecule has 0 saturated carbocycles. The molecule has 0 bridgehead atoms. The van der Waals surface area contributed by atoms with Gasteiger partial charge >= 0.3 is 0 Å². The highest BCUT2D eigenvalue weighted by molar-refractivity contribution is 7.85. The highest BCUT2D eigenvalue weighted by atomic mass is 32.2. The van der Waals surface area contributed by atoms with E-state index in [1.54, 1.807) is 0 Å². The van der Waals surface area contributed by atoms with Gasteiger partial charge in [0.05, 0.1) is 5.75 Å². The van der Waals surface area contributed by atoms with E-state index in [-0.39, 0.29) is 5.75 Å². The molecule has 0 heterocycles. The van der Waals surface area contributed by atoms with Gasteiger partial charge in [0.2, 0.25) is 0 Å². The third kappa shape index (κ3) is 5.69. The molecule has 0 aliphatic rings. The lowest BCUT2D eigenvalue weighted by Crippen LogP contribution is -2.19. The average Bonchev–Trinajstić information content (AvgIpc) is 2.49. The zero-order valence-corrected chi connectivity index (χ0v) is 14.4. The van der Waals surface area contributed by atoms with E-state index in [1.165, 1.54) is 11.1 Å². The van der Waals surface area contributed by atoms with Crippen molar-refractivity contribution in [1.29, 1.82) is 0 Å². The van der Waals surface area contributed by atoms with Gasteiger partial charge in [-0.3, -0.25) is 4.55 Å². The van der Waals surface area contributed by atoms with Gasteiger partial charge in [0.15, 0.2) is 0 Å². The minimum absolute atomic E-state index is 0.192. The molecule has 1 N–H and O–H groups in total. The first-order valence-electron chi connectivity index (χ1n) is 7.71. The van der Waals surface area contributed by atoms with E-state index in [4.69, 9.17) is 4.55 Å². The number of hydrogen-bond acceptors (Lipinski definition) is 3. The maximum Gasteiger partial charge on any atom is 0.264 e. The largest absolute Gasteiger partial charge is 0.341 e. The van der Waals surface area contributed by atoms with E-state index in [1.807, 2.05) is 13.8 Å². The third-order valence-electron chi connectivity index (χ3n) is 3.73. The summed E-state index contributed by atoms with van der Waals surface area (Å²) < 4.78 is 30.5. The zero-order chi connectivity index (χ0) is 16.9. The normalized spacial score (nSPS) is 11.4. The number of anilines is 2. The molecule has 23 heavy (non-hydrogen) atoms. The summed E-state index contributed by atoms with van der Waals surface area (Å²) in [5.74, 6) is -0.192. The predicted octanol–water partition coefficient (Wildman–Crippen LogP) is 4.11. The molecule has 0 spiro atoms. The van der Waals surface area contributed by atoms with Crippen molar-refractivity contribution in [2.45, 2.75) is 26.7 Å². The van der Waals surface area contributed by atoms with E-state index in [0.717, 1.165) is 11.4 Å². The first kappa shape index (κ1) is 17.5. The van der Waals surface area contributed by atoms with Crippen molar-refractivity contribution in [2.75, 3.05) is 17.2 Å². The Balaban J connectivity index is 2.14. The summed E-state index contributed by atoms with van der Waals surface area (Å²) in [7, 11) is -3.88. The van der Waals surface area contributed by atoms with E-state index in [2.05, 4.69) is 53.4 Å². The van der Waals surface area contributed by atoms with Crippen LogP contribution in [0.5, 0.6) is 0 Å². The number of hydrogen-bond donors (Lipinski definition) is 1. The van der Waals surface area contributed by atoms with Crippen LogP contribution >= 0.6 is 0 Å². The van der Waals surface area contributed by atoms with Crippen molar-refractivity contribution >= 4 is 21.5 Å². The van der Waals surface area contributed by atoms with Crippen molar-refractivity contribution in [3.05, 3.63) is 59.7 Å². The Kier molecular flexibility index (Phi) is 5.80. The molecular weight excluding hydrogens is 310 g/mol. The van der Waals surface area contributed by atoms with Gasteiger partial charge in [0.25, 0.3) is 10.1 Å². The van der Waals surface area contributed by atoms with E-state index < -0.39 is 10.1 Å². The molecule has 0 amide bonds. The first-order valence-corrected chi connectivity index (χ1v) is 9.32. The zero-order valence-electron chi connectivity index (χ0n) is 13.6. The molecule has 2 aromatic carbocycles. The van der Waals surface area contributed by atoms with Gasteiger partial charge in [-0.05, 0) is 51.0 Å². The third-order valence-corrected chi connectivity index (χ3v) is 4.53. The van der Waals surface area contributed by atoms with Crippen LogP contribution in [-0.2, 0) is 10.1 Å². The summed E-state index contributed by atoms with van der Waals surface area (Å²) in [6.45, 7) is 4.79. The second-order valence-electron chi connectivity index (χ2n) is 5.82. The summed E-state index contributed by atoms with van der Waals surface area (Å²) in [5.41, 5.74) is 4.55. The van der Waals surface area contributed by atoms with Crippen molar-refractivity contribution in [1.82, 2.24) is 0 Å². The van der Waals surface area contributed by atoms with Gasteiger partial charge in [-0.25, -0.2) is 0 Å². The Morgan fingerprint density at radius 3 is 1.65 bits per heavy atom. The summed E-state index contributed by atoms with van der Waals surface area (Å²) in [6, 6.07) is 16.5.